The first-order valence-corrected chi connectivity index (χ1v) is 6.44. The first kappa shape index (κ1) is 13.0. The molecule has 0 atom stereocenters. The molecular formula is C13H19N3O2. The van der Waals surface area contributed by atoms with Crippen molar-refractivity contribution in [3.63, 3.8) is 0 Å². The van der Waals surface area contributed by atoms with Crippen LogP contribution in [0.2, 0.25) is 0 Å². The van der Waals surface area contributed by atoms with Gasteiger partial charge in [0.15, 0.2) is 0 Å². The molecule has 1 aromatic rings. The fourth-order valence-electron chi connectivity index (χ4n) is 2.37. The van der Waals surface area contributed by atoms with Crippen molar-refractivity contribution in [1.29, 1.82) is 0 Å². The van der Waals surface area contributed by atoms with E-state index in [1.165, 1.54) is 0 Å². The summed E-state index contributed by atoms with van der Waals surface area (Å²) in [4.78, 5) is 21.3. The normalized spacial score (nSPS) is 17.8. The summed E-state index contributed by atoms with van der Waals surface area (Å²) in [6.45, 7) is 2.83. The topological polar surface area (TPSA) is 66.3 Å². The van der Waals surface area contributed by atoms with Gasteiger partial charge in [0.25, 0.3) is 0 Å². The molecule has 98 valence electrons. The van der Waals surface area contributed by atoms with Crippen LogP contribution in [-0.4, -0.2) is 39.0 Å². The Morgan fingerprint density at radius 1 is 1.33 bits per heavy atom. The van der Waals surface area contributed by atoms with Gasteiger partial charge in [0, 0.05) is 18.8 Å². The third-order valence-electron chi connectivity index (χ3n) is 3.46. The van der Waals surface area contributed by atoms with Crippen molar-refractivity contribution < 1.29 is 9.90 Å². The minimum absolute atomic E-state index is 0.298. The summed E-state index contributed by atoms with van der Waals surface area (Å²) in [6.07, 6.45) is 6.81. The lowest BCUT2D eigenvalue weighted by Crippen LogP contribution is -2.33. The molecule has 0 radical (unpaired) electrons. The number of carboxylic acid groups (broad SMARTS) is 1. The Morgan fingerprint density at radius 3 is 2.61 bits per heavy atom. The van der Waals surface area contributed by atoms with Gasteiger partial charge in [-0.05, 0) is 44.3 Å². The van der Waals surface area contributed by atoms with Gasteiger partial charge in [0.2, 0.25) is 0 Å². The Balaban J connectivity index is 1.72. The highest BCUT2D eigenvalue weighted by atomic mass is 16.4. The monoisotopic (exact) mass is 249 g/mol. The number of likely N-dealkylation sites (tertiary alicyclic amines) is 1. The standard InChI is InChI=1S/C13H19N3O2/c17-13(18)3-2-11-4-8-16(9-5-11)10-12-14-6-1-7-15-12/h1,6-7,11H,2-5,8-10H2,(H,17,18). The van der Waals surface area contributed by atoms with E-state index < -0.39 is 5.97 Å². The van der Waals surface area contributed by atoms with Gasteiger partial charge < -0.3 is 5.11 Å². The van der Waals surface area contributed by atoms with Crippen molar-refractivity contribution in [3.8, 4) is 0 Å². The van der Waals surface area contributed by atoms with Crippen molar-refractivity contribution >= 4 is 5.97 Å². The molecule has 5 heteroatoms. The van der Waals surface area contributed by atoms with Crippen molar-refractivity contribution in [2.24, 2.45) is 5.92 Å². The van der Waals surface area contributed by atoms with Crippen molar-refractivity contribution in [1.82, 2.24) is 14.9 Å². The molecule has 0 aliphatic carbocycles. The van der Waals surface area contributed by atoms with Gasteiger partial charge in [-0.3, -0.25) is 9.69 Å². The van der Waals surface area contributed by atoms with Crippen LogP contribution in [0, 0.1) is 5.92 Å². The van der Waals surface area contributed by atoms with Gasteiger partial charge in [-0.1, -0.05) is 0 Å². The Labute approximate surface area is 107 Å². The van der Waals surface area contributed by atoms with Crippen LogP contribution in [0.1, 0.15) is 31.5 Å². The molecular weight excluding hydrogens is 230 g/mol. The van der Waals surface area contributed by atoms with Gasteiger partial charge in [-0.2, -0.15) is 0 Å². The van der Waals surface area contributed by atoms with Gasteiger partial charge >= 0.3 is 5.97 Å². The fourth-order valence-corrected chi connectivity index (χ4v) is 2.37. The molecule has 0 spiro atoms. The quantitative estimate of drug-likeness (QED) is 0.857. The van der Waals surface area contributed by atoms with Gasteiger partial charge in [-0.15, -0.1) is 0 Å². The SMILES string of the molecule is O=C(O)CCC1CCN(Cc2ncccn2)CC1. The number of nitrogens with zero attached hydrogens (tertiary/aromatic N) is 3. The van der Waals surface area contributed by atoms with E-state index in [1.54, 1.807) is 12.4 Å². The smallest absolute Gasteiger partial charge is 0.303 e. The summed E-state index contributed by atoms with van der Waals surface area (Å²) < 4.78 is 0. The molecule has 1 saturated heterocycles. The minimum atomic E-state index is -0.685. The number of carboxylic acids is 1. The van der Waals surface area contributed by atoms with Crippen molar-refractivity contribution in [3.05, 3.63) is 24.3 Å². The third kappa shape index (κ3) is 4.07. The van der Waals surface area contributed by atoms with Crippen LogP contribution >= 0.6 is 0 Å². The second-order valence-corrected chi connectivity index (χ2v) is 4.82. The molecule has 2 rings (SSSR count). The molecule has 0 bridgehead atoms. The number of aromatic nitrogens is 2. The van der Waals surface area contributed by atoms with E-state index in [2.05, 4.69) is 14.9 Å². The maximum Gasteiger partial charge on any atom is 0.303 e. The Hall–Kier alpha value is -1.49. The van der Waals surface area contributed by atoms with E-state index in [4.69, 9.17) is 5.11 Å². The lowest BCUT2D eigenvalue weighted by molar-refractivity contribution is -0.137. The first-order valence-electron chi connectivity index (χ1n) is 6.44. The zero-order valence-corrected chi connectivity index (χ0v) is 10.5. The Kier molecular flexibility index (Phi) is 4.64. The number of rotatable bonds is 5. The summed E-state index contributed by atoms with van der Waals surface area (Å²) in [6, 6.07) is 1.82. The molecule has 0 aromatic carbocycles. The molecule has 1 aliphatic heterocycles. The maximum absolute atomic E-state index is 10.5. The number of hydrogen-bond acceptors (Lipinski definition) is 4. The summed E-state index contributed by atoms with van der Waals surface area (Å²) in [5, 5.41) is 8.66. The molecule has 0 amide bonds. The number of piperidine rings is 1. The van der Waals surface area contributed by atoms with Crippen molar-refractivity contribution in [2.45, 2.75) is 32.2 Å². The summed E-state index contributed by atoms with van der Waals surface area (Å²) in [7, 11) is 0. The van der Waals surface area contributed by atoms with Crippen molar-refractivity contribution in [2.75, 3.05) is 13.1 Å². The molecule has 1 aromatic heterocycles. The van der Waals surface area contributed by atoms with E-state index in [9.17, 15) is 4.79 Å². The van der Waals surface area contributed by atoms with Gasteiger partial charge in [-0.25, -0.2) is 9.97 Å². The summed E-state index contributed by atoms with van der Waals surface area (Å²) >= 11 is 0. The van der Waals surface area contributed by atoms with Gasteiger partial charge in [0.1, 0.15) is 5.82 Å². The van der Waals surface area contributed by atoms with Crippen LogP contribution in [0.4, 0.5) is 0 Å². The highest BCUT2D eigenvalue weighted by Crippen LogP contribution is 2.22. The number of hydrogen-bond donors (Lipinski definition) is 1. The van der Waals surface area contributed by atoms with E-state index in [0.29, 0.717) is 12.3 Å². The predicted octanol–water partition coefficient (Wildman–Crippen LogP) is 1.55. The van der Waals surface area contributed by atoms with E-state index >= 15 is 0 Å². The molecule has 5 nitrogen and oxygen atoms in total. The second kappa shape index (κ2) is 6.44. The molecule has 1 aliphatic rings. The van der Waals surface area contributed by atoms with E-state index in [-0.39, 0.29) is 0 Å². The average molecular weight is 249 g/mol. The Morgan fingerprint density at radius 2 is 2.00 bits per heavy atom. The number of carbonyl (C=O) groups is 1. The predicted molar refractivity (Wildman–Crippen MR) is 66.9 cm³/mol. The molecule has 18 heavy (non-hydrogen) atoms. The van der Waals surface area contributed by atoms with Crippen LogP contribution in [0.15, 0.2) is 18.5 Å². The summed E-state index contributed by atoms with van der Waals surface area (Å²) in [5.74, 6) is 0.741. The zero-order chi connectivity index (χ0) is 12.8. The Bertz CT molecular complexity index is 375. The lowest BCUT2D eigenvalue weighted by atomic mass is 9.92. The average Bonchev–Trinajstić information content (AvgIpc) is 2.39. The fraction of sp³-hybridized carbons (Fsp3) is 0.615. The van der Waals surface area contributed by atoms with E-state index in [1.807, 2.05) is 6.07 Å². The minimum Gasteiger partial charge on any atom is -0.481 e. The first-order chi connectivity index (χ1) is 8.74. The second-order valence-electron chi connectivity index (χ2n) is 4.82. The van der Waals surface area contributed by atoms with Gasteiger partial charge in [0.05, 0.1) is 6.54 Å². The molecule has 1 fully saturated rings. The van der Waals surface area contributed by atoms with Crippen LogP contribution in [-0.2, 0) is 11.3 Å². The molecule has 1 N–H and O–H groups in total. The number of aliphatic carboxylic acids is 1. The van der Waals surface area contributed by atoms with Crippen LogP contribution in [0.25, 0.3) is 0 Å². The lowest BCUT2D eigenvalue weighted by Gasteiger charge is -2.31. The molecule has 0 saturated carbocycles. The van der Waals surface area contributed by atoms with Crippen LogP contribution < -0.4 is 0 Å². The largest absolute Gasteiger partial charge is 0.481 e. The molecule has 2 heterocycles. The van der Waals surface area contributed by atoms with E-state index in [0.717, 1.165) is 44.7 Å². The van der Waals surface area contributed by atoms with Crippen LogP contribution in [0.3, 0.4) is 0 Å². The highest BCUT2D eigenvalue weighted by molar-refractivity contribution is 5.66. The highest BCUT2D eigenvalue weighted by Gasteiger charge is 2.20. The molecule has 0 unspecified atom stereocenters. The van der Waals surface area contributed by atoms with Crippen LogP contribution in [0.5, 0.6) is 0 Å². The zero-order valence-electron chi connectivity index (χ0n) is 10.5. The third-order valence-corrected chi connectivity index (χ3v) is 3.46. The summed E-state index contributed by atoms with van der Waals surface area (Å²) in [5.41, 5.74) is 0. The maximum atomic E-state index is 10.5.